The van der Waals surface area contributed by atoms with Crippen LogP contribution in [0.2, 0.25) is 0 Å². The van der Waals surface area contributed by atoms with Gasteiger partial charge in [-0.1, -0.05) is 12.1 Å². The molecule has 4 nitrogen and oxygen atoms in total. The summed E-state index contributed by atoms with van der Waals surface area (Å²) in [6.07, 6.45) is 2.96. The zero-order valence-electron chi connectivity index (χ0n) is 9.74. The largest absolute Gasteiger partial charge is 0.504 e. The zero-order chi connectivity index (χ0) is 12.8. The van der Waals surface area contributed by atoms with E-state index in [0.717, 1.165) is 5.69 Å². The first kappa shape index (κ1) is 12.1. The molecule has 0 amide bonds. The number of carbonyl (C=O) groups is 1. The molecular formula is C14H13NO3. The number of aldehydes is 1. The van der Waals surface area contributed by atoms with Crippen LogP contribution in [0, 0.1) is 0 Å². The Morgan fingerprint density at radius 3 is 2.83 bits per heavy atom. The second-order valence-electron chi connectivity index (χ2n) is 3.73. The second kappa shape index (κ2) is 5.82. The van der Waals surface area contributed by atoms with Gasteiger partial charge in [-0.05, 0) is 24.3 Å². The molecule has 0 aliphatic carbocycles. The highest BCUT2D eigenvalue weighted by Crippen LogP contribution is 2.28. The van der Waals surface area contributed by atoms with Crippen molar-refractivity contribution in [3.8, 4) is 11.5 Å². The molecule has 0 saturated carbocycles. The van der Waals surface area contributed by atoms with Crippen LogP contribution in [-0.4, -0.2) is 23.0 Å². The Hall–Kier alpha value is -2.36. The van der Waals surface area contributed by atoms with Gasteiger partial charge >= 0.3 is 0 Å². The van der Waals surface area contributed by atoms with Crippen LogP contribution in [0.5, 0.6) is 11.5 Å². The number of aromatic nitrogens is 1. The third kappa shape index (κ3) is 2.85. The molecule has 0 aliphatic heterocycles. The summed E-state index contributed by atoms with van der Waals surface area (Å²) in [5, 5.41) is 9.71. The van der Waals surface area contributed by atoms with Crippen molar-refractivity contribution in [3.05, 3.63) is 53.9 Å². The molecule has 92 valence electrons. The lowest BCUT2D eigenvalue weighted by atomic mass is 10.2. The van der Waals surface area contributed by atoms with Crippen molar-refractivity contribution in [2.24, 2.45) is 0 Å². The summed E-state index contributed by atoms with van der Waals surface area (Å²) in [6, 6.07) is 10.5. The molecule has 1 N–H and O–H groups in total. The maximum atomic E-state index is 10.6. The summed E-state index contributed by atoms with van der Waals surface area (Å²) in [5.41, 5.74) is 1.15. The molecule has 0 unspecified atom stereocenters. The molecule has 1 aromatic carbocycles. The van der Waals surface area contributed by atoms with E-state index in [1.54, 1.807) is 18.3 Å². The van der Waals surface area contributed by atoms with Crippen LogP contribution >= 0.6 is 0 Å². The van der Waals surface area contributed by atoms with Crippen LogP contribution < -0.4 is 4.74 Å². The fraction of sp³-hybridized carbons (Fsp3) is 0.143. The van der Waals surface area contributed by atoms with E-state index in [4.69, 9.17) is 4.74 Å². The quantitative estimate of drug-likeness (QED) is 0.818. The molecule has 0 aliphatic rings. The topological polar surface area (TPSA) is 59.4 Å². The Balaban J connectivity index is 1.97. The lowest BCUT2D eigenvalue weighted by molar-refractivity contribution is 0.112. The third-order valence-corrected chi connectivity index (χ3v) is 2.50. The minimum Gasteiger partial charge on any atom is -0.504 e. The number of hydrogen-bond donors (Lipinski definition) is 1. The molecule has 1 heterocycles. The molecule has 4 heteroatoms. The van der Waals surface area contributed by atoms with E-state index in [0.29, 0.717) is 25.1 Å². The van der Waals surface area contributed by atoms with Crippen LogP contribution in [0.3, 0.4) is 0 Å². The highest BCUT2D eigenvalue weighted by Gasteiger charge is 2.07. The number of benzene rings is 1. The van der Waals surface area contributed by atoms with E-state index < -0.39 is 0 Å². The van der Waals surface area contributed by atoms with E-state index in [-0.39, 0.29) is 11.3 Å². The van der Waals surface area contributed by atoms with Crippen molar-refractivity contribution in [3.63, 3.8) is 0 Å². The van der Waals surface area contributed by atoms with Crippen LogP contribution in [-0.2, 0) is 6.42 Å². The Morgan fingerprint density at radius 2 is 2.11 bits per heavy atom. The average Bonchev–Trinajstić information content (AvgIpc) is 2.42. The van der Waals surface area contributed by atoms with Crippen molar-refractivity contribution >= 4 is 6.29 Å². The smallest absolute Gasteiger partial charge is 0.168 e. The highest BCUT2D eigenvalue weighted by atomic mass is 16.5. The predicted molar refractivity (Wildman–Crippen MR) is 66.9 cm³/mol. The molecule has 0 bridgehead atoms. The summed E-state index contributed by atoms with van der Waals surface area (Å²) in [7, 11) is 0. The van der Waals surface area contributed by atoms with Crippen molar-refractivity contribution < 1.29 is 14.6 Å². The highest BCUT2D eigenvalue weighted by molar-refractivity contribution is 5.80. The summed E-state index contributed by atoms with van der Waals surface area (Å²) in [5.74, 6) is 0.198. The lowest BCUT2D eigenvalue weighted by Crippen LogP contribution is -2.03. The van der Waals surface area contributed by atoms with Gasteiger partial charge in [0.2, 0.25) is 0 Å². The maximum Gasteiger partial charge on any atom is 0.168 e. The van der Waals surface area contributed by atoms with Gasteiger partial charge in [-0.3, -0.25) is 9.78 Å². The van der Waals surface area contributed by atoms with Gasteiger partial charge in [-0.15, -0.1) is 0 Å². The van der Waals surface area contributed by atoms with Crippen molar-refractivity contribution in [2.45, 2.75) is 6.42 Å². The van der Waals surface area contributed by atoms with Gasteiger partial charge in [0.15, 0.2) is 17.8 Å². The monoisotopic (exact) mass is 243 g/mol. The molecule has 0 saturated heterocycles. The fourth-order valence-corrected chi connectivity index (χ4v) is 1.56. The van der Waals surface area contributed by atoms with Gasteiger partial charge in [0.25, 0.3) is 0 Å². The Kier molecular flexibility index (Phi) is 3.91. The molecule has 0 atom stereocenters. The summed E-state index contributed by atoms with van der Waals surface area (Å²) < 4.78 is 5.43. The maximum absolute atomic E-state index is 10.6. The van der Waals surface area contributed by atoms with Crippen LogP contribution in [0.1, 0.15) is 16.1 Å². The molecule has 2 rings (SSSR count). The molecular weight excluding hydrogens is 230 g/mol. The third-order valence-electron chi connectivity index (χ3n) is 2.50. The number of nitrogens with zero attached hydrogens (tertiary/aromatic N) is 1. The number of hydrogen-bond acceptors (Lipinski definition) is 4. The standard InChI is InChI=1S/C14H13NO3/c16-10-11-4-3-6-13(14(11)17)18-9-7-12-5-1-2-8-15-12/h1-6,8,10,17H,7,9H2. The number of carbonyl (C=O) groups excluding carboxylic acids is 1. The number of aromatic hydroxyl groups is 1. The first-order valence-corrected chi connectivity index (χ1v) is 5.61. The Bertz CT molecular complexity index is 526. The van der Waals surface area contributed by atoms with E-state index in [1.165, 1.54) is 6.07 Å². The lowest BCUT2D eigenvalue weighted by Gasteiger charge is -2.08. The fourth-order valence-electron chi connectivity index (χ4n) is 1.56. The predicted octanol–water partition coefficient (Wildman–Crippen LogP) is 2.22. The zero-order valence-corrected chi connectivity index (χ0v) is 9.74. The number of rotatable bonds is 5. The number of para-hydroxylation sites is 1. The molecule has 2 aromatic rings. The van der Waals surface area contributed by atoms with E-state index in [1.807, 2.05) is 18.2 Å². The van der Waals surface area contributed by atoms with E-state index >= 15 is 0 Å². The minimum absolute atomic E-state index is 0.117. The Labute approximate surface area is 105 Å². The van der Waals surface area contributed by atoms with Gasteiger partial charge in [-0.25, -0.2) is 0 Å². The van der Waals surface area contributed by atoms with Crippen LogP contribution in [0.4, 0.5) is 0 Å². The SMILES string of the molecule is O=Cc1cccc(OCCc2ccccn2)c1O. The van der Waals surface area contributed by atoms with Crippen molar-refractivity contribution in [1.82, 2.24) is 4.98 Å². The van der Waals surface area contributed by atoms with Crippen molar-refractivity contribution in [1.29, 1.82) is 0 Å². The molecule has 1 aromatic heterocycles. The molecule has 0 fully saturated rings. The van der Waals surface area contributed by atoms with Gasteiger partial charge in [0.05, 0.1) is 12.2 Å². The van der Waals surface area contributed by atoms with Gasteiger partial charge in [-0.2, -0.15) is 0 Å². The minimum atomic E-state index is -0.117. The van der Waals surface area contributed by atoms with Gasteiger partial charge in [0, 0.05) is 18.3 Å². The summed E-state index contributed by atoms with van der Waals surface area (Å²) >= 11 is 0. The summed E-state index contributed by atoms with van der Waals surface area (Å²) in [6.45, 7) is 0.396. The summed E-state index contributed by atoms with van der Waals surface area (Å²) in [4.78, 5) is 14.8. The number of phenolic OH excluding ortho intramolecular Hbond substituents is 1. The van der Waals surface area contributed by atoms with Crippen molar-refractivity contribution in [2.75, 3.05) is 6.61 Å². The first-order valence-electron chi connectivity index (χ1n) is 5.61. The normalized spacial score (nSPS) is 10.0. The van der Waals surface area contributed by atoms with E-state index in [9.17, 15) is 9.90 Å². The molecule has 0 spiro atoms. The molecule has 0 radical (unpaired) electrons. The number of phenols is 1. The molecule has 18 heavy (non-hydrogen) atoms. The van der Waals surface area contributed by atoms with Crippen LogP contribution in [0.15, 0.2) is 42.6 Å². The van der Waals surface area contributed by atoms with Gasteiger partial charge < -0.3 is 9.84 Å². The number of ether oxygens (including phenoxy) is 1. The van der Waals surface area contributed by atoms with Gasteiger partial charge in [0.1, 0.15) is 0 Å². The first-order chi connectivity index (χ1) is 8.81. The average molecular weight is 243 g/mol. The Morgan fingerprint density at radius 1 is 1.22 bits per heavy atom. The number of pyridine rings is 1. The second-order valence-corrected chi connectivity index (χ2v) is 3.73. The van der Waals surface area contributed by atoms with Crippen LogP contribution in [0.25, 0.3) is 0 Å². The van der Waals surface area contributed by atoms with E-state index in [2.05, 4.69) is 4.98 Å².